The molecule has 0 bridgehead atoms. The first-order valence-corrected chi connectivity index (χ1v) is 7.58. The number of halogens is 1. The van der Waals surface area contributed by atoms with Gasteiger partial charge in [0.1, 0.15) is 0 Å². The van der Waals surface area contributed by atoms with Crippen LogP contribution in [0.25, 0.3) is 10.8 Å². The highest BCUT2D eigenvalue weighted by atomic mass is 79.9. The van der Waals surface area contributed by atoms with E-state index >= 15 is 0 Å². The number of hydrogen-bond donors (Lipinski definition) is 2. The molecule has 0 fully saturated rings. The van der Waals surface area contributed by atoms with Crippen molar-refractivity contribution < 1.29 is 0 Å². The number of hydrogen-bond acceptors (Lipinski definition) is 3. The van der Waals surface area contributed by atoms with Gasteiger partial charge in [-0.05, 0) is 46.5 Å². The molecule has 1 unspecified atom stereocenters. The molecule has 0 saturated carbocycles. The largest absolute Gasteiger partial charge is 0.276 e. The zero-order valence-corrected chi connectivity index (χ0v) is 13.3. The van der Waals surface area contributed by atoms with Crippen molar-refractivity contribution in [2.75, 3.05) is 0 Å². The fraction of sp³-hybridized carbons (Fsp3) is 0.188. The Morgan fingerprint density at radius 1 is 1.24 bits per heavy atom. The third-order valence-corrected chi connectivity index (χ3v) is 4.12. The lowest BCUT2D eigenvalue weighted by molar-refractivity contribution is 0.552. The molecule has 3 rings (SSSR count). The van der Waals surface area contributed by atoms with Crippen LogP contribution >= 0.6 is 15.9 Å². The van der Waals surface area contributed by atoms with Gasteiger partial charge in [-0.25, -0.2) is 0 Å². The van der Waals surface area contributed by atoms with Crippen LogP contribution in [0, 0.1) is 0 Å². The maximum Gasteiger partial charge on any atom is 0.0522 e. The minimum atomic E-state index is 0.0715. The molecule has 1 heterocycles. The molecule has 5 heteroatoms. The molecule has 0 radical (unpaired) electrons. The number of hydrazine groups is 1. The third kappa shape index (κ3) is 3.15. The highest BCUT2D eigenvalue weighted by Crippen LogP contribution is 2.25. The molecule has 2 aromatic carbocycles. The van der Waals surface area contributed by atoms with Gasteiger partial charge in [0.05, 0.1) is 12.2 Å². The molecular weight excluding hydrogens is 328 g/mol. The summed E-state index contributed by atoms with van der Waals surface area (Å²) >= 11 is 3.50. The van der Waals surface area contributed by atoms with Crippen LogP contribution in [0.3, 0.4) is 0 Å². The SMILES string of the molecule is Cn1cc(CC(NN)c2ccc3cc(Br)ccc3c2)cn1. The smallest absolute Gasteiger partial charge is 0.0522 e. The van der Waals surface area contributed by atoms with Crippen LogP contribution < -0.4 is 11.3 Å². The fourth-order valence-electron chi connectivity index (χ4n) is 2.54. The minimum Gasteiger partial charge on any atom is -0.276 e. The first-order chi connectivity index (χ1) is 10.2. The monoisotopic (exact) mass is 344 g/mol. The Morgan fingerprint density at radius 3 is 2.71 bits per heavy atom. The van der Waals surface area contributed by atoms with Gasteiger partial charge in [-0.2, -0.15) is 5.10 Å². The molecule has 1 atom stereocenters. The number of nitrogens with zero attached hydrogens (tertiary/aromatic N) is 2. The molecule has 108 valence electrons. The van der Waals surface area contributed by atoms with Crippen LogP contribution in [0.1, 0.15) is 17.2 Å². The third-order valence-electron chi connectivity index (χ3n) is 3.63. The molecule has 0 amide bonds. The Hall–Kier alpha value is -1.69. The van der Waals surface area contributed by atoms with E-state index in [1.165, 1.54) is 16.3 Å². The Labute approximate surface area is 132 Å². The van der Waals surface area contributed by atoms with Crippen molar-refractivity contribution in [2.24, 2.45) is 12.9 Å². The summed E-state index contributed by atoms with van der Waals surface area (Å²) in [7, 11) is 1.92. The molecular formula is C16H17BrN4. The second kappa shape index (κ2) is 5.97. The number of fused-ring (bicyclic) bond motifs is 1. The molecule has 0 spiro atoms. The van der Waals surface area contributed by atoms with Crippen molar-refractivity contribution in [3.63, 3.8) is 0 Å². The molecule has 3 aromatic rings. The van der Waals surface area contributed by atoms with E-state index in [2.05, 4.69) is 62.9 Å². The summed E-state index contributed by atoms with van der Waals surface area (Å²) in [5, 5.41) is 6.62. The van der Waals surface area contributed by atoms with Crippen LogP contribution in [0.15, 0.2) is 53.3 Å². The van der Waals surface area contributed by atoms with E-state index in [9.17, 15) is 0 Å². The number of rotatable bonds is 4. The van der Waals surface area contributed by atoms with Crippen molar-refractivity contribution >= 4 is 26.7 Å². The Balaban J connectivity index is 1.91. The van der Waals surface area contributed by atoms with Crippen LogP contribution in [0.5, 0.6) is 0 Å². The topological polar surface area (TPSA) is 55.9 Å². The Kier molecular flexibility index (Phi) is 4.05. The standard InChI is InChI=1S/C16H17BrN4/c1-21-10-11(9-19-21)6-16(20-18)14-3-2-13-8-15(17)5-4-12(13)7-14/h2-5,7-10,16,20H,6,18H2,1H3. The van der Waals surface area contributed by atoms with Gasteiger partial charge in [0.25, 0.3) is 0 Å². The lowest BCUT2D eigenvalue weighted by atomic mass is 9.98. The van der Waals surface area contributed by atoms with E-state index in [1.54, 1.807) is 4.68 Å². The van der Waals surface area contributed by atoms with Crippen molar-refractivity contribution in [2.45, 2.75) is 12.5 Å². The minimum absolute atomic E-state index is 0.0715. The summed E-state index contributed by atoms with van der Waals surface area (Å²) in [5.41, 5.74) is 5.25. The van der Waals surface area contributed by atoms with Crippen molar-refractivity contribution in [3.05, 3.63) is 64.4 Å². The van der Waals surface area contributed by atoms with E-state index in [0.717, 1.165) is 16.5 Å². The summed E-state index contributed by atoms with van der Waals surface area (Å²) in [6.07, 6.45) is 4.71. The number of aryl methyl sites for hydroxylation is 1. The van der Waals surface area contributed by atoms with Gasteiger partial charge in [-0.15, -0.1) is 0 Å². The summed E-state index contributed by atoms with van der Waals surface area (Å²) < 4.78 is 2.90. The summed E-state index contributed by atoms with van der Waals surface area (Å²) in [4.78, 5) is 0. The van der Waals surface area contributed by atoms with Gasteiger partial charge >= 0.3 is 0 Å². The van der Waals surface area contributed by atoms with E-state index in [4.69, 9.17) is 5.84 Å². The van der Waals surface area contributed by atoms with Crippen molar-refractivity contribution in [3.8, 4) is 0 Å². The van der Waals surface area contributed by atoms with Gasteiger partial charge in [0, 0.05) is 17.7 Å². The van der Waals surface area contributed by atoms with Crippen molar-refractivity contribution in [1.82, 2.24) is 15.2 Å². The average molecular weight is 345 g/mol. The lowest BCUT2D eigenvalue weighted by Gasteiger charge is -2.16. The van der Waals surface area contributed by atoms with E-state index < -0.39 is 0 Å². The lowest BCUT2D eigenvalue weighted by Crippen LogP contribution is -2.29. The van der Waals surface area contributed by atoms with Gasteiger partial charge in [-0.1, -0.05) is 34.1 Å². The predicted molar refractivity (Wildman–Crippen MR) is 88.6 cm³/mol. The van der Waals surface area contributed by atoms with Gasteiger partial charge < -0.3 is 0 Å². The summed E-state index contributed by atoms with van der Waals surface area (Å²) in [6, 6.07) is 12.8. The number of nitrogens with two attached hydrogens (primary N) is 1. The highest BCUT2D eigenvalue weighted by Gasteiger charge is 2.12. The van der Waals surface area contributed by atoms with E-state index in [1.807, 2.05) is 19.4 Å². The first kappa shape index (κ1) is 14.3. The molecule has 0 aliphatic heterocycles. The Morgan fingerprint density at radius 2 is 2.00 bits per heavy atom. The van der Waals surface area contributed by atoms with Gasteiger partial charge in [0.15, 0.2) is 0 Å². The van der Waals surface area contributed by atoms with Crippen LogP contribution in [-0.2, 0) is 13.5 Å². The van der Waals surface area contributed by atoms with Gasteiger partial charge in [-0.3, -0.25) is 16.0 Å². The molecule has 4 nitrogen and oxygen atoms in total. The Bertz CT molecular complexity index is 766. The molecule has 21 heavy (non-hydrogen) atoms. The number of aromatic nitrogens is 2. The average Bonchev–Trinajstić information content (AvgIpc) is 2.89. The number of benzene rings is 2. The fourth-order valence-corrected chi connectivity index (χ4v) is 2.92. The van der Waals surface area contributed by atoms with Crippen molar-refractivity contribution in [1.29, 1.82) is 0 Å². The highest BCUT2D eigenvalue weighted by molar-refractivity contribution is 9.10. The maximum absolute atomic E-state index is 5.74. The second-order valence-electron chi connectivity index (χ2n) is 5.20. The first-order valence-electron chi connectivity index (χ1n) is 6.78. The zero-order chi connectivity index (χ0) is 14.8. The maximum atomic E-state index is 5.74. The second-order valence-corrected chi connectivity index (χ2v) is 6.11. The number of nitrogens with one attached hydrogen (secondary N) is 1. The summed E-state index contributed by atoms with van der Waals surface area (Å²) in [5.74, 6) is 5.74. The predicted octanol–water partition coefficient (Wildman–Crippen LogP) is 3.08. The van der Waals surface area contributed by atoms with Crippen LogP contribution in [0.2, 0.25) is 0 Å². The zero-order valence-electron chi connectivity index (χ0n) is 11.8. The van der Waals surface area contributed by atoms with E-state index in [-0.39, 0.29) is 6.04 Å². The van der Waals surface area contributed by atoms with Crippen LogP contribution in [-0.4, -0.2) is 9.78 Å². The van der Waals surface area contributed by atoms with Gasteiger partial charge in [0.2, 0.25) is 0 Å². The molecule has 1 aromatic heterocycles. The van der Waals surface area contributed by atoms with Crippen LogP contribution in [0.4, 0.5) is 0 Å². The summed E-state index contributed by atoms with van der Waals surface area (Å²) in [6.45, 7) is 0. The normalized spacial score (nSPS) is 12.7. The van der Waals surface area contributed by atoms with E-state index in [0.29, 0.717) is 0 Å². The molecule has 0 saturated heterocycles. The quantitative estimate of drug-likeness (QED) is 0.564. The molecule has 0 aliphatic rings. The molecule has 3 N–H and O–H groups in total. The molecule has 0 aliphatic carbocycles.